The lowest BCUT2D eigenvalue weighted by molar-refractivity contribution is -0.125. The number of amides is 1. The maximum atomic E-state index is 11.5. The average Bonchev–Trinajstić information content (AvgIpc) is 2.43. The summed E-state index contributed by atoms with van der Waals surface area (Å²) in [7, 11) is 1.87. The summed E-state index contributed by atoms with van der Waals surface area (Å²) >= 11 is 0. The number of carbonyl (C=O) groups excluding carboxylic acids is 1. The van der Waals surface area contributed by atoms with Crippen LogP contribution in [-0.2, 0) is 18.4 Å². The molecule has 5 heteroatoms. The van der Waals surface area contributed by atoms with Crippen LogP contribution < -0.4 is 11.1 Å². The summed E-state index contributed by atoms with van der Waals surface area (Å²) in [5.41, 5.74) is 6.87. The van der Waals surface area contributed by atoms with E-state index in [2.05, 4.69) is 10.4 Å². The zero-order valence-electron chi connectivity index (χ0n) is 9.66. The lowest BCUT2D eigenvalue weighted by Crippen LogP contribution is -2.48. The number of nitrogens with two attached hydrogens (primary N) is 1. The van der Waals surface area contributed by atoms with E-state index < -0.39 is 5.54 Å². The van der Waals surface area contributed by atoms with Crippen LogP contribution in [0.5, 0.6) is 0 Å². The number of hydrogen-bond donors (Lipinski definition) is 2. The monoisotopic (exact) mass is 210 g/mol. The molecule has 3 N–H and O–H groups in total. The fourth-order valence-corrected chi connectivity index (χ4v) is 1.12. The smallest absolute Gasteiger partial charge is 0.239 e. The molecule has 1 aromatic heterocycles. The summed E-state index contributed by atoms with van der Waals surface area (Å²) in [6.45, 7) is 5.79. The van der Waals surface area contributed by atoms with Gasteiger partial charge in [0.15, 0.2) is 0 Å². The van der Waals surface area contributed by atoms with Crippen molar-refractivity contribution in [2.24, 2.45) is 12.8 Å². The van der Waals surface area contributed by atoms with Gasteiger partial charge in [0, 0.05) is 24.8 Å². The number of rotatable bonds is 3. The quantitative estimate of drug-likeness (QED) is 0.742. The molecule has 0 aliphatic rings. The minimum atomic E-state index is -0.837. The molecule has 1 heterocycles. The fraction of sp³-hybridized carbons (Fsp3) is 0.600. The molecule has 0 saturated heterocycles. The van der Waals surface area contributed by atoms with Crippen LogP contribution in [0.4, 0.5) is 0 Å². The summed E-state index contributed by atoms with van der Waals surface area (Å²) in [4.78, 5) is 11.5. The topological polar surface area (TPSA) is 72.9 Å². The number of aromatic nitrogens is 2. The highest BCUT2D eigenvalue weighted by atomic mass is 16.2. The van der Waals surface area contributed by atoms with Crippen LogP contribution >= 0.6 is 0 Å². The molecule has 0 aliphatic heterocycles. The number of hydrogen-bond acceptors (Lipinski definition) is 3. The first-order valence-corrected chi connectivity index (χ1v) is 4.87. The molecule has 0 spiro atoms. The summed E-state index contributed by atoms with van der Waals surface area (Å²) in [5, 5.41) is 6.87. The molecule has 0 radical (unpaired) electrons. The Kier molecular flexibility index (Phi) is 3.14. The predicted octanol–water partition coefficient (Wildman–Crippen LogP) is 0.0820. The van der Waals surface area contributed by atoms with Gasteiger partial charge in [-0.1, -0.05) is 0 Å². The zero-order chi connectivity index (χ0) is 11.6. The summed E-state index contributed by atoms with van der Waals surface area (Å²) in [6, 6.07) is 0. The second-order valence-electron chi connectivity index (χ2n) is 4.28. The molecule has 0 unspecified atom stereocenters. The van der Waals surface area contributed by atoms with Crippen molar-refractivity contribution in [3.63, 3.8) is 0 Å². The van der Waals surface area contributed by atoms with Gasteiger partial charge in [0.25, 0.3) is 0 Å². The van der Waals surface area contributed by atoms with E-state index in [-0.39, 0.29) is 5.91 Å². The number of nitrogens with one attached hydrogen (secondary N) is 1. The third-order valence-electron chi connectivity index (χ3n) is 2.36. The fourth-order valence-electron chi connectivity index (χ4n) is 1.12. The number of nitrogens with zero attached hydrogens (tertiary/aromatic N) is 2. The van der Waals surface area contributed by atoms with Crippen LogP contribution in [0.3, 0.4) is 0 Å². The molecule has 1 rings (SSSR count). The van der Waals surface area contributed by atoms with Gasteiger partial charge in [-0.15, -0.1) is 0 Å². The Morgan fingerprint density at radius 2 is 2.27 bits per heavy atom. The Labute approximate surface area is 89.6 Å². The Morgan fingerprint density at radius 1 is 1.67 bits per heavy atom. The van der Waals surface area contributed by atoms with Gasteiger partial charge in [-0.05, 0) is 20.8 Å². The van der Waals surface area contributed by atoms with Crippen molar-refractivity contribution in [2.45, 2.75) is 32.9 Å². The molecule has 1 amide bonds. The first kappa shape index (κ1) is 11.7. The normalized spacial score (nSPS) is 11.5. The van der Waals surface area contributed by atoms with E-state index in [1.54, 1.807) is 24.7 Å². The van der Waals surface area contributed by atoms with Crippen molar-refractivity contribution in [2.75, 3.05) is 0 Å². The predicted molar refractivity (Wildman–Crippen MR) is 58.1 cm³/mol. The highest BCUT2D eigenvalue weighted by Gasteiger charge is 2.21. The Morgan fingerprint density at radius 3 is 2.67 bits per heavy atom. The van der Waals surface area contributed by atoms with E-state index in [0.717, 1.165) is 11.3 Å². The zero-order valence-corrected chi connectivity index (χ0v) is 9.66. The second kappa shape index (κ2) is 4.02. The highest BCUT2D eigenvalue weighted by Crippen LogP contribution is 2.05. The summed E-state index contributed by atoms with van der Waals surface area (Å²) in [5.74, 6) is -0.161. The maximum absolute atomic E-state index is 11.5. The van der Waals surface area contributed by atoms with Crippen LogP contribution in [0, 0.1) is 6.92 Å². The van der Waals surface area contributed by atoms with Gasteiger partial charge >= 0.3 is 0 Å². The highest BCUT2D eigenvalue weighted by molar-refractivity contribution is 5.84. The van der Waals surface area contributed by atoms with Gasteiger partial charge < -0.3 is 11.1 Å². The maximum Gasteiger partial charge on any atom is 0.239 e. The molecule has 0 saturated carbocycles. The third kappa shape index (κ3) is 2.79. The molecule has 1 aromatic rings. The molecule has 0 fully saturated rings. The van der Waals surface area contributed by atoms with Gasteiger partial charge in [-0.25, -0.2) is 0 Å². The van der Waals surface area contributed by atoms with Crippen LogP contribution in [0.15, 0.2) is 6.20 Å². The van der Waals surface area contributed by atoms with E-state index >= 15 is 0 Å². The van der Waals surface area contributed by atoms with Crippen LogP contribution in [0.2, 0.25) is 0 Å². The van der Waals surface area contributed by atoms with Gasteiger partial charge in [0.05, 0.1) is 11.7 Å². The third-order valence-corrected chi connectivity index (χ3v) is 2.36. The van der Waals surface area contributed by atoms with Crippen LogP contribution in [0.1, 0.15) is 25.1 Å². The molecule has 84 valence electrons. The SMILES string of the molecule is Cc1c(CNC(=O)C(C)(C)N)cnn1C. The molecular formula is C10H18N4O. The minimum Gasteiger partial charge on any atom is -0.350 e. The average molecular weight is 210 g/mol. The first-order chi connectivity index (χ1) is 6.82. The van der Waals surface area contributed by atoms with Gasteiger partial charge in [0.2, 0.25) is 5.91 Å². The van der Waals surface area contributed by atoms with E-state index in [9.17, 15) is 4.79 Å². The van der Waals surface area contributed by atoms with Crippen molar-refractivity contribution in [3.05, 3.63) is 17.5 Å². The van der Waals surface area contributed by atoms with E-state index in [4.69, 9.17) is 5.73 Å². The van der Waals surface area contributed by atoms with Gasteiger partial charge in [-0.2, -0.15) is 5.10 Å². The molecule has 15 heavy (non-hydrogen) atoms. The van der Waals surface area contributed by atoms with Crippen molar-refractivity contribution >= 4 is 5.91 Å². The van der Waals surface area contributed by atoms with E-state index in [1.807, 2.05) is 14.0 Å². The van der Waals surface area contributed by atoms with Crippen LogP contribution in [0.25, 0.3) is 0 Å². The molecule has 0 aromatic carbocycles. The van der Waals surface area contributed by atoms with Crippen LogP contribution in [-0.4, -0.2) is 21.2 Å². The molecular weight excluding hydrogens is 192 g/mol. The summed E-state index contributed by atoms with van der Waals surface area (Å²) in [6.07, 6.45) is 1.75. The van der Waals surface area contributed by atoms with Crippen molar-refractivity contribution in [1.82, 2.24) is 15.1 Å². The number of aryl methyl sites for hydroxylation is 1. The number of carbonyl (C=O) groups is 1. The standard InChI is InChI=1S/C10H18N4O/c1-7-8(6-13-14(7)4)5-12-9(15)10(2,3)11/h6H,5,11H2,1-4H3,(H,12,15). The molecule has 0 bridgehead atoms. The van der Waals surface area contributed by atoms with E-state index in [1.165, 1.54) is 0 Å². The van der Waals surface area contributed by atoms with Crippen molar-refractivity contribution < 1.29 is 4.79 Å². The lowest BCUT2D eigenvalue weighted by Gasteiger charge is -2.17. The van der Waals surface area contributed by atoms with E-state index in [0.29, 0.717) is 6.54 Å². The Bertz CT molecular complexity index is 362. The van der Waals surface area contributed by atoms with Gasteiger partial charge in [-0.3, -0.25) is 9.48 Å². The largest absolute Gasteiger partial charge is 0.350 e. The molecule has 5 nitrogen and oxygen atoms in total. The first-order valence-electron chi connectivity index (χ1n) is 4.87. The Balaban J connectivity index is 2.59. The second-order valence-corrected chi connectivity index (χ2v) is 4.28. The molecule has 0 atom stereocenters. The van der Waals surface area contributed by atoms with Crippen molar-refractivity contribution in [1.29, 1.82) is 0 Å². The minimum absolute atomic E-state index is 0.161. The molecule has 0 aliphatic carbocycles. The van der Waals surface area contributed by atoms with Crippen molar-refractivity contribution in [3.8, 4) is 0 Å². The lowest BCUT2D eigenvalue weighted by atomic mass is 10.1. The Hall–Kier alpha value is -1.36. The van der Waals surface area contributed by atoms with Gasteiger partial charge in [0.1, 0.15) is 0 Å². The summed E-state index contributed by atoms with van der Waals surface area (Å²) < 4.78 is 1.77.